The molecular formula is C12H9F3N2O. The summed E-state index contributed by atoms with van der Waals surface area (Å²) in [5, 5.41) is 0. The Morgan fingerprint density at radius 1 is 1.11 bits per heavy atom. The van der Waals surface area contributed by atoms with Crippen molar-refractivity contribution in [2.24, 2.45) is 0 Å². The number of alkyl halides is 3. The summed E-state index contributed by atoms with van der Waals surface area (Å²) in [5.41, 5.74) is 5.32. The normalized spacial score (nSPS) is 11.5. The highest BCUT2D eigenvalue weighted by Crippen LogP contribution is 2.30. The van der Waals surface area contributed by atoms with E-state index in [1.54, 1.807) is 0 Å². The average molecular weight is 254 g/mol. The van der Waals surface area contributed by atoms with Gasteiger partial charge < -0.3 is 10.7 Å². The van der Waals surface area contributed by atoms with Crippen LogP contribution < -0.4 is 11.3 Å². The van der Waals surface area contributed by atoms with E-state index in [-0.39, 0.29) is 5.56 Å². The van der Waals surface area contributed by atoms with Crippen molar-refractivity contribution in [1.82, 2.24) is 4.98 Å². The van der Waals surface area contributed by atoms with Crippen LogP contribution in [-0.2, 0) is 6.18 Å². The zero-order valence-electron chi connectivity index (χ0n) is 9.08. The van der Waals surface area contributed by atoms with Crippen molar-refractivity contribution < 1.29 is 13.2 Å². The number of aromatic nitrogens is 1. The fourth-order valence-electron chi connectivity index (χ4n) is 1.55. The van der Waals surface area contributed by atoms with Crippen molar-refractivity contribution >= 4 is 5.69 Å². The summed E-state index contributed by atoms with van der Waals surface area (Å²) < 4.78 is 37.1. The van der Waals surface area contributed by atoms with Gasteiger partial charge in [-0.05, 0) is 23.8 Å². The number of benzene rings is 1. The first-order chi connectivity index (χ1) is 8.38. The first-order valence-electron chi connectivity index (χ1n) is 5.04. The zero-order chi connectivity index (χ0) is 13.3. The average Bonchev–Trinajstić information content (AvgIpc) is 2.31. The molecule has 0 fully saturated rings. The van der Waals surface area contributed by atoms with Crippen molar-refractivity contribution in [1.29, 1.82) is 0 Å². The van der Waals surface area contributed by atoms with Crippen LogP contribution in [0.2, 0.25) is 0 Å². The Morgan fingerprint density at radius 3 is 2.28 bits per heavy atom. The van der Waals surface area contributed by atoms with Crippen LogP contribution >= 0.6 is 0 Å². The monoisotopic (exact) mass is 254 g/mol. The molecule has 0 radical (unpaired) electrons. The van der Waals surface area contributed by atoms with Crippen LogP contribution in [0, 0.1) is 0 Å². The van der Waals surface area contributed by atoms with Gasteiger partial charge in [-0.2, -0.15) is 13.2 Å². The van der Waals surface area contributed by atoms with Gasteiger partial charge in [-0.15, -0.1) is 0 Å². The number of hydrogen-bond acceptors (Lipinski definition) is 2. The Labute approximate surface area is 100 Å². The largest absolute Gasteiger partial charge is 0.416 e. The van der Waals surface area contributed by atoms with Gasteiger partial charge in [-0.1, -0.05) is 12.1 Å². The van der Waals surface area contributed by atoms with E-state index in [0.29, 0.717) is 11.3 Å². The SMILES string of the molecule is Nc1c[nH]c(=O)c(-c2ccc(C(F)(F)F)cc2)c1. The van der Waals surface area contributed by atoms with Crippen molar-refractivity contribution in [2.45, 2.75) is 6.18 Å². The van der Waals surface area contributed by atoms with Gasteiger partial charge in [-0.25, -0.2) is 0 Å². The van der Waals surface area contributed by atoms with Crippen LogP contribution in [-0.4, -0.2) is 4.98 Å². The smallest absolute Gasteiger partial charge is 0.398 e. The lowest BCUT2D eigenvalue weighted by Gasteiger charge is -2.07. The van der Waals surface area contributed by atoms with Crippen LogP contribution in [0.4, 0.5) is 18.9 Å². The second-order valence-corrected chi connectivity index (χ2v) is 3.75. The Kier molecular flexibility index (Phi) is 2.86. The molecule has 0 amide bonds. The Balaban J connectivity index is 2.47. The molecule has 0 spiro atoms. The van der Waals surface area contributed by atoms with E-state index in [2.05, 4.69) is 4.98 Å². The fourth-order valence-corrected chi connectivity index (χ4v) is 1.55. The second-order valence-electron chi connectivity index (χ2n) is 3.75. The summed E-state index contributed by atoms with van der Waals surface area (Å²) in [4.78, 5) is 13.9. The molecule has 0 saturated heterocycles. The van der Waals surface area contributed by atoms with E-state index in [0.717, 1.165) is 12.1 Å². The molecule has 0 aliphatic carbocycles. The molecule has 0 unspecified atom stereocenters. The number of rotatable bonds is 1. The number of nitrogens with two attached hydrogens (primary N) is 1. The van der Waals surface area contributed by atoms with Gasteiger partial charge in [0.25, 0.3) is 5.56 Å². The summed E-state index contributed by atoms with van der Waals surface area (Å²) in [6.07, 6.45) is -3.06. The van der Waals surface area contributed by atoms with E-state index in [9.17, 15) is 18.0 Å². The Hall–Kier alpha value is -2.24. The molecule has 0 saturated carbocycles. The molecule has 3 N–H and O–H groups in total. The summed E-state index contributed by atoms with van der Waals surface area (Å²) in [6.45, 7) is 0. The molecule has 0 bridgehead atoms. The number of nitrogen functional groups attached to an aromatic ring is 1. The van der Waals surface area contributed by atoms with E-state index in [4.69, 9.17) is 5.73 Å². The van der Waals surface area contributed by atoms with Crippen LogP contribution in [0.1, 0.15) is 5.56 Å². The summed E-state index contributed by atoms with van der Waals surface area (Å²) in [5.74, 6) is 0. The molecular weight excluding hydrogens is 245 g/mol. The van der Waals surface area contributed by atoms with Gasteiger partial charge in [-0.3, -0.25) is 4.79 Å². The number of hydrogen-bond donors (Lipinski definition) is 2. The maximum absolute atomic E-state index is 12.4. The van der Waals surface area contributed by atoms with Gasteiger partial charge >= 0.3 is 6.18 Å². The summed E-state index contributed by atoms with van der Waals surface area (Å²) >= 11 is 0. The standard InChI is InChI=1S/C12H9F3N2O/c13-12(14,15)8-3-1-7(2-4-8)10-5-9(16)6-17-11(10)18/h1-6H,16H2,(H,17,18). The van der Waals surface area contributed by atoms with E-state index in [1.807, 2.05) is 0 Å². The molecule has 0 atom stereocenters. The van der Waals surface area contributed by atoms with E-state index < -0.39 is 17.3 Å². The maximum atomic E-state index is 12.4. The lowest BCUT2D eigenvalue weighted by atomic mass is 10.0. The van der Waals surface area contributed by atoms with Crippen LogP contribution in [0.25, 0.3) is 11.1 Å². The molecule has 18 heavy (non-hydrogen) atoms. The molecule has 1 heterocycles. The van der Waals surface area contributed by atoms with Gasteiger partial charge in [0.15, 0.2) is 0 Å². The molecule has 2 rings (SSSR count). The molecule has 94 valence electrons. The summed E-state index contributed by atoms with van der Waals surface area (Å²) in [6, 6.07) is 5.76. The minimum atomic E-state index is -4.39. The lowest BCUT2D eigenvalue weighted by molar-refractivity contribution is -0.137. The number of halogens is 3. The van der Waals surface area contributed by atoms with Gasteiger partial charge in [0.05, 0.1) is 5.56 Å². The fraction of sp³-hybridized carbons (Fsp3) is 0.0833. The zero-order valence-corrected chi connectivity index (χ0v) is 9.08. The van der Waals surface area contributed by atoms with Crippen molar-refractivity contribution in [3.05, 3.63) is 52.4 Å². The molecule has 1 aromatic carbocycles. The Morgan fingerprint density at radius 2 is 1.72 bits per heavy atom. The van der Waals surface area contributed by atoms with E-state index >= 15 is 0 Å². The molecule has 0 aliphatic rings. The minimum Gasteiger partial charge on any atom is -0.398 e. The number of anilines is 1. The predicted octanol–water partition coefficient (Wildman–Crippen LogP) is 2.64. The molecule has 0 aliphatic heterocycles. The highest BCUT2D eigenvalue weighted by Gasteiger charge is 2.30. The van der Waals surface area contributed by atoms with Crippen LogP contribution in [0.3, 0.4) is 0 Å². The molecule has 6 heteroatoms. The molecule has 3 nitrogen and oxygen atoms in total. The molecule has 1 aromatic heterocycles. The minimum absolute atomic E-state index is 0.240. The lowest BCUT2D eigenvalue weighted by Crippen LogP contribution is -2.09. The Bertz CT molecular complexity index is 614. The topological polar surface area (TPSA) is 58.9 Å². The first-order valence-corrected chi connectivity index (χ1v) is 5.04. The number of aromatic amines is 1. The molecule has 2 aromatic rings. The van der Waals surface area contributed by atoms with Crippen molar-refractivity contribution in [3.63, 3.8) is 0 Å². The van der Waals surface area contributed by atoms with E-state index in [1.165, 1.54) is 24.4 Å². The number of nitrogens with one attached hydrogen (secondary N) is 1. The van der Waals surface area contributed by atoms with Crippen LogP contribution in [0.5, 0.6) is 0 Å². The summed E-state index contributed by atoms with van der Waals surface area (Å²) in [7, 11) is 0. The van der Waals surface area contributed by atoms with Crippen LogP contribution in [0.15, 0.2) is 41.3 Å². The van der Waals surface area contributed by atoms with Crippen molar-refractivity contribution in [2.75, 3.05) is 5.73 Å². The van der Waals surface area contributed by atoms with Gasteiger partial charge in [0, 0.05) is 17.4 Å². The highest BCUT2D eigenvalue weighted by molar-refractivity contribution is 5.66. The quantitative estimate of drug-likeness (QED) is 0.821. The third-order valence-corrected chi connectivity index (χ3v) is 2.45. The van der Waals surface area contributed by atoms with Gasteiger partial charge in [0.2, 0.25) is 0 Å². The first kappa shape index (κ1) is 12.2. The third-order valence-electron chi connectivity index (χ3n) is 2.45. The maximum Gasteiger partial charge on any atom is 0.416 e. The second kappa shape index (κ2) is 4.21. The number of H-pyrrole nitrogens is 1. The number of pyridine rings is 1. The predicted molar refractivity (Wildman–Crippen MR) is 61.9 cm³/mol. The van der Waals surface area contributed by atoms with Crippen molar-refractivity contribution in [3.8, 4) is 11.1 Å². The highest BCUT2D eigenvalue weighted by atomic mass is 19.4. The van der Waals surface area contributed by atoms with Gasteiger partial charge in [0.1, 0.15) is 0 Å². The third kappa shape index (κ3) is 2.37.